The number of allylic oxidation sites excluding steroid dienone is 12. The Bertz CT molecular complexity index is 1680. The molecule has 0 saturated carbocycles. The molecule has 0 rings (SSSR count). The summed E-state index contributed by atoms with van der Waals surface area (Å²) in [4.78, 5) is 57.8. The second-order valence-corrected chi connectivity index (χ2v) is 21.6. The second-order valence-electron chi connectivity index (χ2n) is 18.7. The molecule has 16 nitrogen and oxygen atoms in total. The van der Waals surface area contributed by atoms with Crippen molar-refractivity contribution in [3.63, 3.8) is 0 Å². The number of aliphatic hydroxyl groups is 2. The van der Waals surface area contributed by atoms with Gasteiger partial charge in [0.2, 0.25) is 0 Å². The summed E-state index contributed by atoms with van der Waals surface area (Å²) in [7, 11) is -9.75. The van der Waals surface area contributed by atoms with Crippen molar-refractivity contribution in [3.8, 4) is 0 Å². The van der Waals surface area contributed by atoms with Crippen LogP contribution in [-0.4, -0.2) is 95.9 Å². The van der Waals surface area contributed by atoms with E-state index >= 15 is 0 Å². The van der Waals surface area contributed by atoms with Gasteiger partial charge in [0.25, 0.3) is 0 Å². The highest BCUT2D eigenvalue weighted by Crippen LogP contribution is 2.45. The van der Waals surface area contributed by atoms with E-state index in [1.54, 1.807) is 0 Å². The quantitative estimate of drug-likeness (QED) is 0.0146. The van der Waals surface area contributed by atoms with Crippen LogP contribution in [0.2, 0.25) is 0 Å². The van der Waals surface area contributed by atoms with E-state index in [0.717, 1.165) is 128 Å². The second kappa shape index (κ2) is 51.7. The number of unbranched alkanes of at least 4 members (excludes halogenated alkanes) is 18. The van der Waals surface area contributed by atoms with E-state index in [-0.39, 0.29) is 19.3 Å². The number of aliphatic hydroxyl groups excluding tert-OH is 2. The van der Waals surface area contributed by atoms with Crippen LogP contribution in [0.1, 0.15) is 213 Å². The van der Waals surface area contributed by atoms with Crippen molar-refractivity contribution in [2.75, 3.05) is 39.6 Å². The van der Waals surface area contributed by atoms with Crippen LogP contribution in [0.3, 0.4) is 0 Å². The van der Waals surface area contributed by atoms with E-state index in [4.69, 9.17) is 32.3 Å². The maximum atomic E-state index is 12.8. The van der Waals surface area contributed by atoms with Crippen LogP contribution in [0.15, 0.2) is 72.9 Å². The van der Waals surface area contributed by atoms with Crippen molar-refractivity contribution < 1.29 is 75.8 Å². The van der Waals surface area contributed by atoms with Crippen molar-refractivity contribution in [1.29, 1.82) is 0 Å². The van der Waals surface area contributed by atoms with Gasteiger partial charge >= 0.3 is 33.6 Å². The first kappa shape index (κ1) is 72.0. The van der Waals surface area contributed by atoms with Crippen LogP contribution < -0.4 is 0 Å². The van der Waals surface area contributed by atoms with E-state index in [0.29, 0.717) is 19.3 Å². The van der Waals surface area contributed by atoms with Crippen molar-refractivity contribution in [1.82, 2.24) is 0 Å². The summed E-state index contributed by atoms with van der Waals surface area (Å²) in [6.07, 6.45) is 48.5. The molecule has 0 aliphatic carbocycles. The fraction of sp³-hybridized carbons (Fsp3) is 0.737. The number of phosphoric acid groups is 2. The molecule has 0 bridgehead atoms. The lowest BCUT2D eigenvalue weighted by Crippen LogP contribution is -2.30. The number of hydrogen-bond acceptors (Lipinski definition) is 14. The molecule has 4 N–H and O–H groups in total. The van der Waals surface area contributed by atoms with Crippen molar-refractivity contribution >= 4 is 33.6 Å². The fourth-order valence-corrected chi connectivity index (χ4v) is 8.58. The standard InChI is InChI=1S/C57H100O16P2/c1-4-7-10-13-16-19-22-23-24-25-26-27-30-32-34-37-40-43-55(60)67-46-52(58)47-69-74(63,64)70-48-53(59)49-71-75(65,66)72-51-54(73-57(62)45-42-39-36-33-29-21-18-15-12-9-6-3)50-68-56(61)44-41-38-35-31-28-20-17-14-11-8-5-2/h7,10,14-19,23-24,26-27,52-54,58-59H,4-6,8-9,11-13,20-22,25,28-51H2,1-3H3,(H,63,64)(H,65,66)/b10-7-,17-14-,18-15-,19-16-,24-23-,27-26-. The summed E-state index contributed by atoms with van der Waals surface area (Å²) in [5, 5.41) is 20.4. The molecule has 5 unspecified atom stereocenters. The van der Waals surface area contributed by atoms with Gasteiger partial charge in [0.05, 0.1) is 26.4 Å². The monoisotopic (exact) mass is 1100 g/mol. The SMILES string of the molecule is CC/C=C\C/C=C\C/C=C\C/C=C\CCCCCCC(=O)OCC(O)COP(=O)(O)OCC(O)COP(=O)(O)OCC(COC(=O)CCCCCCC/C=C\CCCC)OC(=O)CCCCCCC/C=C\CCCC. The highest BCUT2D eigenvalue weighted by atomic mass is 31.2. The van der Waals surface area contributed by atoms with Crippen LogP contribution in [0.25, 0.3) is 0 Å². The van der Waals surface area contributed by atoms with Crippen molar-refractivity contribution in [2.24, 2.45) is 0 Å². The van der Waals surface area contributed by atoms with Crippen LogP contribution in [0.5, 0.6) is 0 Å². The van der Waals surface area contributed by atoms with Crippen molar-refractivity contribution in [3.05, 3.63) is 72.9 Å². The van der Waals surface area contributed by atoms with Crippen LogP contribution in [0, 0.1) is 0 Å². The molecule has 0 aliphatic rings. The maximum Gasteiger partial charge on any atom is 0.472 e. The molecule has 0 saturated heterocycles. The average molecular weight is 1100 g/mol. The fourth-order valence-electron chi connectivity index (χ4n) is 6.99. The third-order valence-corrected chi connectivity index (χ3v) is 13.3. The van der Waals surface area contributed by atoms with Gasteiger partial charge in [-0.15, -0.1) is 0 Å². The van der Waals surface area contributed by atoms with Gasteiger partial charge in [-0.05, 0) is 96.3 Å². The Balaban J connectivity index is 4.64. The van der Waals surface area contributed by atoms with Crippen molar-refractivity contribution in [2.45, 2.75) is 232 Å². The van der Waals surface area contributed by atoms with Crippen LogP contribution >= 0.6 is 15.6 Å². The largest absolute Gasteiger partial charge is 0.472 e. The third kappa shape index (κ3) is 52.8. The summed E-state index contributed by atoms with van der Waals surface area (Å²) >= 11 is 0. The number of carbonyl (C=O) groups excluding carboxylic acids is 3. The highest BCUT2D eigenvalue weighted by Gasteiger charge is 2.29. The minimum atomic E-state index is -4.91. The summed E-state index contributed by atoms with van der Waals surface area (Å²) in [6, 6.07) is 0. The van der Waals surface area contributed by atoms with E-state index < -0.39 is 91.5 Å². The number of phosphoric ester groups is 2. The Kier molecular flexibility index (Phi) is 49.7. The normalized spacial score (nSPS) is 15.1. The molecule has 0 aromatic rings. The smallest absolute Gasteiger partial charge is 0.463 e. The summed E-state index contributed by atoms with van der Waals surface area (Å²) in [5.74, 6) is -1.62. The molecule has 0 spiro atoms. The molecule has 0 aromatic heterocycles. The summed E-state index contributed by atoms with van der Waals surface area (Å²) in [5.41, 5.74) is 0. The number of esters is 3. The highest BCUT2D eigenvalue weighted by molar-refractivity contribution is 7.47. The lowest BCUT2D eigenvalue weighted by atomic mass is 10.1. The van der Waals surface area contributed by atoms with E-state index in [1.807, 2.05) is 0 Å². The molecule has 0 aromatic carbocycles. The number of rotatable bonds is 53. The minimum absolute atomic E-state index is 0.0928. The van der Waals surface area contributed by atoms with E-state index in [2.05, 4.69) is 93.7 Å². The van der Waals surface area contributed by atoms with E-state index in [9.17, 15) is 43.5 Å². The third-order valence-electron chi connectivity index (χ3n) is 11.4. The molecule has 5 atom stereocenters. The van der Waals surface area contributed by atoms with Crippen LogP contribution in [-0.2, 0) is 55.8 Å². The number of ether oxygens (including phenoxy) is 3. The van der Waals surface area contributed by atoms with Gasteiger partial charge in [0.1, 0.15) is 25.4 Å². The molecule has 75 heavy (non-hydrogen) atoms. The zero-order valence-corrected chi connectivity index (χ0v) is 48.0. The molecular formula is C57H100O16P2. The van der Waals surface area contributed by atoms with Gasteiger partial charge < -0.3 is 34.2 Å². The zero-order valence-electron chi connectivity index (χ0n) is 46.2. The number of carbonyl (C=O) groups is 3. The summed E-state index contributed by atoms with van der Waals surface area (Å²) < 4.78 is 60.4. The first-order chi connectivity index (χ1) is 36.2. The maximum absolute atomic E-state index is 12.8. The van der Waals surface area contributed by atoms with Gasteiger partial charge in [-0.25, -0.2) is 9.13 Å². The van der Waals surface area contributed by atoms with Gasteiger partial charge in [-0.3, -0.25) is 32.5 Å². The molecule has 0 aliphatic heterocycles. The average Bonchev–Trinajstić information content (AvgIpc) is 3.38. The first-order valence-electron chi connectivity index (χ1n) is 28.2. The topological polar surface area (TPSA) is 231 Å². The number of hydrogen-bond donors (Lipinski definition) is 4. The minimum Gasteiger partial charge on any atom is -0.463 e. The molecule has 0 amide bonds. The molecule has 0 fully saturated rings. The van der Waals surface area contributed by atoms with E-state index in [1.165, 1.54) is 25.7 Å². The zero-order chi connectivity index (χ0) is 55.4. The van der Waals surface area contributed by atoms with Gasteiger partial charge in [0.15, 0.2) is 6.10 Å². The summed E-state index contributed by atoms with van der Waals surface area (Å²) in [6.45, 7) is 2.38. The molecule has 18 heteroatoms. The Labute approximate surface area is 452 Å². The van der Waals surface area contributed by atoms with Gasteiger partial charge in [-0.2, -0.15) is 0 Å². The van der Waals surface area contributed by atoms with Gasteiger partial charge in [-0.1, -0.05) is 171 Å². The molecule has 0 heterocycles. The molecular weight excluding hydrogens is 1000 g/mol. The first-order valence-corrected chi connectivity index (χ1v) is 31.2. The Morgan fingerprint density at radius 2 is 0.707 bits per heavy atom. The lowest BCUT2D eigenvalue weighted by molar-refractivity contribution is -0.161. The van der Waals surface area contributed by atoms with Crippen LogP contribution in [0.4, 0.5) is 0 Å². The molecule has 0 radical (unpaired) electrons. The lowest BCUT2D eigenvalue weighted by Gasteiger charge is -2.21. The Hall–Kier alpha value is -3.01. The predicted octanol–water partition coefficient (Wildman–Crippen LogP) is 14.1. The predicted molar refractivity (Wildman–Crippen MR) is 298 cm³/mol. The van der Waals surface area contributed by atoms with Gasteiger partial charge in [0, 0.05) is 19.3 Å². The Morgan fingerprint density at radius 3 is 1.13 bits per heavy atom. The molecule has 434 valence electrons. The Morgan fingerprint density at radius 1 is 0.387 bits per heavy atom.